The van der Waals surface area contributed by atoms with Crippen LogP contribution in [0.25, 0.3) is 0 Å². The van der Waals surface area contributed by atoms with Crippen molar-refractivity contribution in [3.05, 3.63) is 35.4 Å². The molecule has 0 bridgehead atoms. The first-order valence-electron chi connectivity index (χ1n) is 4.03. The molecule has 68 valence electrons. The summed E-state index contributed by atoms with van der Waals surface area (Å²) in [4.78, 5) is 11.4. The zero-order chi connectivity index (χ0) is 9.42. The van der Waals surface area contributed by atoms with Gasteiger partial charge in [0.2, 0.25) is 0 Å². The van der Waals surface area contributed by atoms with Gasteiger partial charge in [0.25, 0.3) is 0 Å². The lowest BCUT2D eigenvalue weighted by Crippen LogP contribution is -2.41. The smallest absolute Gasteiger partial charge is 0.179 e. The highest BCUT2D eigenvalue weighted by Crippen LogP contribution is 2.23. The molecule has 1 atom stereocenters. The van der Waals surface area contributed by atoms with Crippen LogP contribution in [0, 0.1) is 0 Å². The number of hydrogen-bond donors (Lipinski definition) is 2. The molecule has 4 nitrogen and oxygen atoms in total. The van der Waals surface area contributed by atoms with Gasteiger partial charge in [0.05, 0.1) is 6.54 Å². The summed E-state index contributed by atoms with van der Waals surface area (Å²) in [5.41, 5.74) is 6.97. The molecule has 3 N–H and O–H groups in total. The highest BCUT2D eigenvalue weighted by atomic mass is 16.5. The van der Waals surface area contributed by atoms with Crippen molar-refractivity contribution in [1.82, 2.24) is 5.06 Å². The second-order valence-electron chi connectivity index (χ2n) is 3.05. The molecule has 1 aromatic carbocycles. The highest BCUT2D eigenvalue weighted by Gasteiger charge is 2.27. The van der Waals surface area contributed by atoms with E-state index < -0.39 is 6.17 Å². The quantitative estimate of drug-likeness (QED) is 0.608. The average molecular weight is 178 g/mol. The Bertz CT molecular complexity index is 351. The molecule has 0 spiro atoms. The van der Waals surface area contributed by atoms with Crippen LogP contribution >= 0.6 is 0 Å². The number of hydrogen-bond acceptors (Lipinski definition) is 4. The van der Waals surface area contributed by atoms with E-state index in [0.717, 1.165) is 5.06 Å². The van der Waals surface area contributed by atoms with Crippen LogP contribution in [0.5, 0.6) is 0 Å². The first kappa shape index (κ1) is 8.37. The number of carbonyl (C=O) groups is 1. The molecule has 4 heteroatoms. The van der Waals surface area contributed by atoms with Crippen LogP contribution in [-0.2, 0) is 0 Å². The lowest BCUT2D eigenvalue weighted by Gasteiger charge is -2.28. The number of Topliss-reactive ketones (excluding diaryl/α,β-unsaturated/α-hetero) is 1. The van der Waals surface area contributed by atoms with Gasteiger partial charge in [-0.1, -0.05) is 24.3 Å². The van der Waals surface area contributed by atoms with Gasteiger partial charge in [0, 0.05) is 5.56 Å². The Labute approximate surface area is 75.5 Å². The number of hydroxylamine groups is 2. The Morgan fingerprint density at radius 1 is 1.46 bits per heavy atom. The van der Waals surface area contributed by atoms with Crippen LogP contribution in [0.3, 0.4) is 0 Å². The fourth-order valence-electron chi connectivity index (χ4n) is 1.50. The van der Waals surface area contributed by atoms with Crippen LogP contribution in [0.2, 0.25) is 0 Å². The largest absolute Gasteiger partial charge is 0.312 e. The minimum atomic E-state index is -0.589. The molecule has 0 saturated carbocycles. The molecule has 13 heavy (non-hydrogen) atoms. The summed E-state index contributed by atoms with van der Waals surface area (Å²) in [6, 6.07) is 7.06. The first-order chi connectivity index (χ1) is 6.20. The summed E-state index contributed by atoms with van der Waals surface area (Å²) >= 11 is 0. The van der Waals surface area contributed by atoms with Crippen molar-refractivity contribution in [3.63, 3.8) is 0 Å². The summed E-state index contributed by atoms with van der Waals surface area (Å²) in [6.07, 6.45) is -0.589. The van der Waals surface area contributed by atoms with Gasteiger partial charge in [-0.05, 0) is 5.56 Å². The molecule has 0 radical (unpaired) electrons. The molecule has 0 saturated heterocycles. The van der Waals surface area contributed by atoms with Crippen LogP contribution in [0.1, 0.15) is 22.1 Å². The number of benzene rings is 1. The summed E-state index contributed by atoms with van der Waals surface area (Å²) in [5, 5.41) is 10.1. The summed E-state index contributed by atoms with van der Waals surface area (Å²) in [7, 11) is 0. The zero-order valence-corrected chi connectivity index (χ0v) is 6.97. The number of rotatable bonds is 0. The van der Waals surface area contributed by atoms with Crippen molar-refractivity contribution in [1.29, 1.82) is 0 Å². The van der Waals surface area contributed by atoms with Gasteiger partial charge in [-0.15, -0.1) is 0 Å². The van der Waals surface area contributed by atoms with E-state index in [1.54, 1.807) is 24.3 Å². The third-order valence-electron chi connectivity index (χ3n) is 2.21. The van der Waals surface area contributed by atoms with Gasteiger partial charge < -0.3 is 10.9 Å². The van der Waals surface area contributed by atoms with E-state index in [-0.39, 0.29) is 12.3 Å². The lowest BCUT2D eigenvalue weighted by molar-refractivity contribution is -0.121. The Hall–Kier alpha value is -1.23. The Kier molecular flexibility index (Phi) is 1.88. The van der Waals surface area contributed by atoms with Gasteiger partial charge in [-0.25, -0.2) is 0 Å². The molecular formula is C9H10N2O2. The molecule has 2 rings (SSSR count). The average Bonchev–Trinajstić information content (AvgIpc) is 2.15. The Morgan fingerprint density at radius 3 is 2.92 bits per heavy atom. The van der Waals surface area contributed by atoms with Crippen LogP contribution in [0.15, 0.2) is 24.3 Å². The normalized spacial score (nSPS) is 22.9. The monoisotopic (exact) mass is 178 g/mol. The van der Waals surface area contributed by atoms with Crippen molar-refractivity contribution >= 4 is 5.78 Å². The predicted molar refractivity (Wildman–Crippen MR) is 46.2 cm³/mol. The number of ketones is 1. The second-order valence-corrected chi connectivity index (χ2v) is 3.05. The standard InChI is InChI=1S/C9H10N2O2/c10-9-7-4-2-1-3-6(7)8(12)5-11(9)13/h1-4,9,13H,5,10H2. The van der Waals surface area contributed by atoms with E-state index >= 15 is 0 Å². The van der Waals surface area contributed by atoms with Crippen molar-refractivity contribution < 1.29 is 10.0 Å². The first-order valence-corrected chi connectivity index (χ1v) is 4.03. The molecule has 1 aliphatic heterocycles. The maximum absolute atomic E-state index is 11.4. The maximum atomic E-state index is 11.4. The SMILES string of the molecule is NC1c2ccccc2C(=O)CN1O. The van der Waals surface area contributed by atoms with E-state index in [9.17, 15) is 10.0 Å². The van der Waals surface area contributed by atoms with Crippen molar-refractivity contribution in [2.45, 2.75) is 6.17 Å². The summed E-state index contributed by atoms with van der Waals surface area (Å²) < 4.78 is 0. The summed E-state index contributed by atoms with van der Waals surface area (Å²) in [6.45, 7) is -0.0296. The van der Waals surface area contributed by atoms with Gasteiger partial charge in [-0.3, -0.25) is 4.79 Å². The van der Waals surface area contributed by atoms with Gasteiger partial charge in [0.1, 0.15) is 6.17 Å². The Balaban J connectivity index is 2.53. The van der Waals surface area contributed by atoms with Gasteiger partial charge in [-0.2, -0.15) is 5.06 Å². The predicted octanol–water partition coefficient (Wildman–Crippen LogP) is 0.531. The molecule has 1 aromatic rings. The number of fused-ring (bicyclic) bond motifs is 1. The second kappa shape index (κ2) is 2.92. The zero-order valence-electron chi connectivity index (χ0n) is 6.97. The minimum Gasteiger partial charge on any atom is -0.312 e. The van der Waals surface area contributed by atoms with E-state index in [2.05, 4.69) is 0 Å². The number of nitrogens with zero attached hydrogens (tertiary/aromatic N) is 1. The van der Waals surface area contributed by atoms with Crippen molar-refractivity contribution in [2.75, 3.05) is 6.54 Å². The maximum Gasteiger partial charge on any atom is 0.179 e. The molecule has 1 aliphatic rings. The molecule has 1 unspecified atom stereocenters. The summed E-state index contributed by atoms with van der Waals surface area (Å²) in [5.74, 6) is -0.0974. The van der Waals surface area contributed by atoms with Crippen LogP contribution < -0.4 is 5.73 Å². The molecule has 1 heterocycles. The molecule has 0 fully saturated rings. The minimum absolute atomic E-state index is 0.0296. The fourth-order valence-corrected chi connectivity index (χ4v) is 1.50. The van der Waals surface area contributed by atoms with Gasteiger partial charge >= 0.3 is 0 Å². The molecular weight excluding hydrogens is 168 g/mol. The Morgan fingerprint density at radius 2 is 2.15 bits per heavy atom. The third-order valence-corrected chi connectivity index (χ3v) is 2.21. The van der Waals surface area contributed by atoms with Crippen LogP contribution in [0.4, 0.5) is 0 Å². The van der Waals surface area contributed by atoms with Crippen molar-refractivity contribution in [3.8, 4) is 0 Å². The lowest BCUT2D eigenvalue weighted by atomic mass is 9.98. The van der Waals surface area contributed by atoms with E-state index in [4.69, 9.17) is 5.73 Å². The highest BCUT2D eigenvalue weighted by molar-refractivity contribution is 5.99. The molecule has 0 aliphatic carbocycles. The number of nitrogens with two attached hydrogens (primary N) is 1. The van der Waals surface area contributed by atoms with Crippen molar-refractivity contribution in [2.24, 2.45) is 5.73 Å². The topological polar surface area (TPSA) is 66.6 Å². The molecule has 0 aromatic heterocycles. The fraction of sp³-hybridized carbons (Fsp3) is 0.222. The number of carbonyl (C=O) groups excluding carboxylic acids is 1. The van der Waals surface area contributed by atoms with Gasteiger partial charge in [0.15, 0.2) is 5.78 Å². The third kappa shape index (κ3) is 1.25. The van der Waals surface area contributed by atoms with E-state index in [1.165, 1.54) is 0 Å². The van der Waals surface area contributed by atoms with Crippen LogP contribution in [-0.4, -0.2) is 22.6 Å². The van der Waals surface area contributed by atoms with E-state index in [0.29, 0.717) is 11.1 Å². The van der Waals surface area contributed by atoms with E-state index in [1.807, 2.05) is 0 Å². The molecule has 0 amide bonds.